The number of rotatable bonds is 2. The van der Waals surface area contributed by atoms with Crippen LogP contribution in [0.4, 0.5) is 10.5 Å². The van der Waals surface area contributed by atoms with Gasteiger partial charge in [-0.05, 0) is 24.3 Å². The molecule has 0 radical (unpaired) electrons. The Balaban J connectivity index is 1.91. The van der Waals surface area contributed by atoms with E-state index in [-0.39, 0.29) is 12.1 Å². The van der Waals surface area contributed by atoms with Crippen LogP contribution >= 0.6 is 11.3 Å². The summed E-state index contributed by atoms with van der Waals surface area (Å²) in [5, 5.41) is 7.08. The van der Waals surface area contributed by atoms with Crippen LogP contribution in [0.25, 0.3) is 0 Å². The van der Waals surface area contributed by atoms with Crippen LogP contribution in [-0.4, -0.2) is 32.3 Å². The minimum absolute atomic E-state index is 0.195. The highest BCUT2D eigenvalue weighted by Gasteiger charge is 2.21. The van der Waals surface area contributed by atoms with Crippen molar-refractivity contribution in [2.75, 3.05) is 25.1 Å². The van der Waals surface area contributed by atoms with Gasteiger partial charge in [-0.15, -0.1) is 0 Å². The van der Waals surface area contributed by atoms with Crippen molar-refractivity contribution in [3.8, 4) is 0 Å². The van der Waals surface area contributed by atoms with Gasteiger partial charge in [-0.1, -0.05) is 0 Å². The maximum atomic E-state index is 11.1. The number of carbonyl (C=O) groups is 1. The number of thiophene rings is 1. The minimum atomic E-state index is -0.336. The molecule has 1 N–H and O–H groups in total. The second-order valence-electron chi connectivity index (χ2n) is 3.90. The molecule has 5 heteroatoms. The third kappa shape index (κ3) is 2.66. The number of nitrogens with zero attached hydrogens (tertiary/aromatic N) is 1. The van der Waals surface area contributed by atoms with Crippen LogP contribution in [0.5, 0.6) is 0 Å². The number of hydrogen-bond donors (Lipinski definition) is 1. The molecule has 2 rings (SSSR count). The first-order valence-corrected chi connectivity index (χ1v) is 6.35. The molecule has 0 spiro atoms. The van der Waals surface area contributed by atoms with Crippen LogP contribution in [0.3, 0.4) is 0 Å². The molecule has 1 unspecified atom stereocenters. The molecule has 1 aliphatic heterocycles. The fraction of sp³-hybridized carbons (Fsp3) is 0.545. The van der Waals surface area contributed by atoms with Crippen molar-refractivity contribution in [1.29, 1.82) is 0 Å². The Hall–Kier alpha value is -1.23. The smallest absolute Gasteiger partial charge is 0.407 e. The standard InChI is InChI=1S/C11H16N2O2S/c1-15-11(14)12-9-3-2-5-13(7-9)10-4-6-16-8-10/h4,6,8-9H,2-3,5,7H2,1H3,(H,12,14). The molecule has 1 aliphatic rings. The van der Waals surface area contributed by atoms with E-state index in [4.69, 9.17) is 0 Å². The lowest BCUT2D eigenvalue weighted by Crippen LogP contribution is -2.47. The number of hydrogen-bond acceptors (Lipinski definition) is 4. The molecular weight excluding hydrogens is 224 g/mol. The van der Waals surface area contributed by atoms with E-state index >= 15 is 0 Å². The lowest BCUT2D eigenvalue weighted by molar-refractivity contribution is 0.165. The molecule has 1 aromatic heterocycles. The van der Waals surface area contributed by atoms with Gasteiger partial charge < -0.3 is 15.0 Å². The van der Waals surface area contributed by atoms with Gasteiger partial charge >= 0.3 is 6.09 Å². The van der Waals surface area contributed by atoms with E-state index in [0.29, 0.717) is 0 Å². The van der Waals surface area contributed by atoms with Crippen LogP contribution in [0.15, 0.2) is 16.8 Å². The van der Waals surface area contributed by atoms with Gasteiger partial charge in [-0.3, -0.25) is 0 Å². The third-order valence-electron chi connectivity index (χ3n) is 2.80. The predicted molar refractivity (Wildman–Crippen MR) is 65.1 cm³/mol. The number of alkyl carbamates (subject to hydrolysis) is 1. The van der Waals surface area contributed by atoms with Gasteiger partial charge in [0.1, 0.15) is 0 Å². The topological polar surface area (TPSA) is 41.6 Å². The summed E-state index contributed by atoms with van der Waals surface area (Å²) in [5.74, 6) is 0. The van der Waals surface area contributed by atoms with Crippen molar-refractivity contribution in [3.63, 3.8) is 0 Å². The molecule has 16 heavy (non-hydrogen) atoms. The van der Waals surface area contributed by atoms with Gasteiger partial charge in [0.05, 0.1) is 7.11 Å². The van der Waals surface area contributed by atoms with E-state index in [0.717, 1.165) is 25.9 Å². The van der Waals surface area contributed by atoms with Gasteiger partial charge in [0.15, 0.2) is 0 Å². The zero-order valence-corrected chi connectivity index (χ0v) is 10.1. The largest absolute Gasteiger partial charge is 0.453 e. The molecule has 1 fully saturated rings. The number of anilines is 1. The maximum absolute atomic E-state index is 11.1. The van der Waals surface area contributed by atoms with Gasteiger partial charge in [-0.25, -0.2) is 4.79 Å². The Morgan fingerprint density at radius 1 is 1.69 bits per heavy atom. The van der Waals surface area contributed by atoms with Crippen LogP contribution in [0.1, 0.15) is 12.8 Å². The highest BCUT2D eigenvalue weighted by atomic mass is 32.1. The first-order valence-electron chi connectivity index (χ1n) is 5.41. The minimum Gasteiger partial charge on any atom is -0.453 e. The summed E-state index contributed by atoms with van der Waals surface area (Å²) >= 11 is 1.70. The van der Waals surface area contributed by atoms with Gasteiger partial charge in [0, 0.05) is 30.2 Å². The van der Waals surface area contributed by atoms with E-state index in [9.17, 15) is 4.79 Å². The van der Waals surface area contributed by atoms with Gasteiger partial charge in [-0.2, -0.15) is 11.3 Å². The molecule has 1 aromatic rings. The first-order chi connectivity index (χ1) is 7.79. The molecule has 2 heterocycles. The van der Waals surface area contributed by atoms with Crippen LogP contribution < -0.4 is 10.2 Å². The van der Waals surface area contributed by atoms with E-state index in [2.05, 4.69) is 31.8 Å². The summed E-state index contributed by atoms with van der Waals surface area (Å²) in [5.41, 5.74) is 1.25. The molecular formula is C11H16N2O2S. The van der Waals surface area contributed by atoms with Gasteiger partial charge in [0.25, 0.3) is 0 Å². The first kappa shape index (κ1) is 11.3. The Bertz CT molecular complexity index is 340. The summed E-state index contributed by atoms with van der Waals surface area (Å²) in [4.78, 5) is 13.4. The molecule has 88 valence electrons. The Kier molecular flexibility index (Phi) is 3.66. The van der Waals surface area contributed by atoms with Crippen molar-refractivity contribution in [2.24, 2.45) is 0 Å². The number of ether oxygens (including phenoxy) is 1. The van der Waals surface area contributed by atoms with E-state index in [1.54, 1.807) is 11.3 Å². The van der Waals surface area contributed by atoms with Crippen molar-refractivity contribution < 1.29 is 9.53 Å². The second kappa shape index (κ2) is 5.21. The number of methoxy groups -OCH3 is 1. The summed E-state index contributed by atoms with van der Waals surface area (Å²) in [7, 11) is 1.40. The molecule has 1 atom stereocenters. The zero-order chi connectivity index (χ0) is 11.4. The number of amides is 1. The fourth-order valence-corrected chi connectivity index (χ4v) is 2.66. The summed E-state index contributed by atoms with van der Waals surface area (Å²) in [6.07, 6.45) is 1.79. The number of piperidine rings is 1. The second-order valence-corrected chi connectivity index (χ2v) is 4.68. The summed E-state index contributed by atoms with van der Waals surface area (Å²) in [6, 6.07) is 2.31. The lowest BCUT2D eigenvalue weighted by Gasteiger charge is -2.33. The normalized spacial score (nSPS) is 20.6. The van der Waals surface area contributed by atoms with Crippen molar-refractivity contribution in [2.45, 2.75) is 18.9 Å². The quantitative estimate of drug-likeness (QED) is 0.860. The summed E-state index contributed by atoms with van der Waals surface area (Å²) in [6.45, 7) is 1.93. The summed E-state index contributed by atoms with van der Waals surface area (Å²) < 4.78 is 4.61. The Morgan fingerprint density at radius 2 is 2.56 bits per heavy atom. The van der Waals surface area contributed by atoms with Crippen molar-refractivity contribution in [3.05, 3.63) is 16.8 Å². The molecule has 0 saturated carbocycles. The van der Waals surface area contributed by atoms with Crippen LogP contribution in [0.2, 0.25) is 0 Å². The molecule has 4 nitrogen and oxygen atoms in total. The molecule has 1 saturated heterocycles. The third-order valence-corrected chi connectivity index (χ3v) is 3.47. The van der Waals surface area contributed by atoms with E-state index in [1.165, 1.54) is 12.8 Å². The predicted octanol–water partition coefficient (Wildman–Crippen LogP) is 2.07. The number of carbonyl (C=O) groups excluding carboxylic acids is 1. The Labute approximate surface area is 99.2 Å². The molecule has 0 aliphatic carbocycles. The average Bonchev–Trinajstić information content (AvgIpc) is 2.83. The number of nitrogens with one attached hydrogen (secondary N) is 1. The SMILES string of the molecule is COC(=O)NC1CCCN(c2ccsc2)C1. The monoisotopic (exact) mass is 240 g/mol. The van der Waals surface area contributed by atoms with Crippen molar-refractivity contribution >= 4 is 23.1 Å². The van der Waals surface area contributed by atoms with E-state index in [1.807, 2.05) is 0 Å². The lowest BCUT2D eigenvalue weighted by atomic mass is 10.1. The molecule has 0 bridgehead atoms. The highest BCUT2D eigenvalue weighted by Crippen LogP contribution is 2.22. The van der Waals surface area contributed by atoms with Crippen molar-refractivity contribution in [1.82, 2.24) is 5.32 Å². The highest BCUT2D eigenvalue weighted by molar-refractivity contribution is 7.08. The Morgan fingerprint density at radius 3 is 3.25 bits per heavy atom. The van der Waals surface area contributed by atoms with Gasteiger partial charge in [0.2, 0.25) is 0 Å². The van der Waals surface area contributed by atoms with Crippen LogP contribution in [0, 0.1) is 0 Å². The molecule has 0 aromatic carbocycles. The maximum Gasteiger partial charge on any atom is 0.407 e. The van der Waals surface area contributed by atoms with E-state index < -0.39 is 0 Å². The fourth-order valence-electron chi connectivity index (χ4n) is 1.99. The van der Waals surface area contributed by atoms with Crippen LogP contribution in [-0.2, 0) is 4.74 Å². The average molecular weight is 240 g/mol. The zero-order valence-electron chi connectivity index (χ0n) is 9.31. The molecule has 1 amide bonds.